The highest BCUT2D eigenvalue weighted by Crippen LogP contribution is 2.34. The molecule has 2 aliphatic heterocycles. The van der Waals surface area contributed by atoms with E-state index in [4.69, 9.17) is 4.74 Å². The molecule has 25 heavy (non-hydrogen) atoms. The van der Waals surface area contributed by atoms with E-state index >= 15 is 0 Å². The topological polar surface area (TPSA) is 55.2 Å². The number of hydrogen-bond acceptors (Lipinski definition) is 5. The minimum absolute atomic E-state index is 0.371. The number of nitrogens with zero attached hydrogens (tertiary/aromatic N) is 4. The van der Waals surface area contributed by atoms with Gasteiger partial charge in [0, 0.05) is 62.0 Å². The Morgan fingerprint density at radius 2 is 2.24 bits per heavy atom. The van der Waals surface area contributed by atoms with Gasteiger partial charge in [0.05, 0.1) is 18.9 Å². The van der Waals surface area contributed by atoms with Gasteiger partial charge in [0.2, 0.25) is 0 Å². The Morgan fingerprint density at radius 3 is 3.00 bits per heavy atom. The quantitative estimate of drug-likeness (QED) is 0.874. The first kappa shape index (κ1) is 16.5. The zero-order chi connectivity index (χ0) is 17.2. The number of ether oxygens (including phenoxy) is 1. The summed E-state index contributed by atoms with van der Waals surface area (Å²) in [6, 6.07) is 6.38. The molecule has 2 aromatic heterocycles. The average Bonchev–Trinajstić information content (AvgIpc) is 3.31. The second kappa shape index (κ2) is 7.14. The molecule has 0 saturated carbocycles. The van der Waals surface area contributed by atoms with Crippen molar-refractivity contribution in [3.8, 4) is 0 Å². The molecule has 0 spiro atoms. The summed E-state index contributed by atoms with van der Waals surface area (Å²) in [6.07, 6.45) is 6.36. The Kier molecular flexibility index (Phi) is 4.72. The largest absolute Gasteiger partial charge is 0.376 e. The molecule has 0 radical (unpaired) electrons. The van der Waals surface area contributed by atoms with Crippen molar-refractivity contribution < 1.29 is 4.74 Å². The lowest BCUT2D eigenvalue weighted by molar-refractivity contribution is 0.0946. The van der Waals surface area contributed by atoms with Gasteiger partial charge in [-0.1, -0.05) is 6.07 Å². The molecule has 134 valence electrons. The molecule has 3 atom stereocenters. The van der Waals surface area contributed by atoms with Gasteiger partial charge in [0.1, 0.15) is 5.82 Å². The monoisotopic (exact) mass is 341 g/mol. The van der Waals surface area contributed by atoms with Crippen molar-refractivity contribution in [3.63, 3.8) is 0 Å². The number of hydrogen-bond donors (Lipinski definition) is 1. The highest BCUT2D eigenvalue weighted by Gasteiger charge is 2.43. The maximum absolute atomic E-state index is 6.07. The second-order valence-electron chi connectivity index (χ2n) is 7.51. The molecule has 2 aliphatic rings. The van der Waals surface area contributed by atoms with Crippen molar-refractivity contribution >= 4 is 5.82 Å². The van der Waals surface area contributed by atoms with Crippen LogP contribution in [0.4, 0.5) is 5.82 Å². The summed E-state index contributed by atoms with van der Waals surface area (Å²) in [7, 11) is 0. The highest BCUT2D eigenvalue weighted by atomic mass is 16.5. The van der Waals surface area contributed by atoms with E-state index in [0.717, 1.165) is 38.6 Å². The minimum Gasteiger partial charge on any atom is -0.376 e. The van der Waals surface area contributed by atoms with E-state index in [1.807, 2.05) is 35.3 Å². The number of fused-ring (bicyclic) bond motifs is 1. The first-order valence-corrected chi connectivity index (χ1v) is 9.21. The van der Waals surface area contributed by atoms with E-state index < -0.39 is 0 Å². The molecule has 6 heteroatoms. The van der Waals surface area contributed by atoms with Crippen molar-refractivity contribution in [2.75, 3.05) is 31.6 Å². The van der Waals surface area contributed by atoms with Crippen molar-refractivity contribution in [2.45, 2.75) is 32.5 Å². The fourth-order valence-corrected chi connectivity index (χ4v) is 3.92. The lowest BCUT2D eigenvalue weighted by atomic mass is 9.93. The van der Waals surface area contributed by atoms with Gasteiger partial charge in [-0.3, -0.25) is 9.58 Å². The first-order chi connectivity index (χ1) is 12.2. The molecule has 2 aromatic rings. The fourth-order valence-electron chi connectivity index (χ4n) is 3.92. The Hall–Kier alpha value is -1.92. The fraction of sp³-hybridized carbons (Fsp3) is 0.579. The molecule has 0 aromatic carbocycles. The molecule has 4 heterocycles. The second-order valence-corrected chi connectivity index (χ2v) is 7.51. The molecule has 1 N–H and O–H groups in total. The van der Waals surface area contributed by atoms with E-state index in [9.17, 15) is 0 Å². The van der Waals surface area contributed by atoms with Crippen LogP contribution in [-0.4, -0.2) is 52.0 Å². The van der Waals surface area contributed by atoms with Crippen LogP contribution in [0, 0.1) is 11.8 Å². The average molecular weight is 341 g/mol. The number of anilines is 1. The van der Waals surface area contributed by atoms with Gasteiger partial charge >= 0.3 is 0 Å². The van der Waals surface area contributed by atoms with E-state index in [1.165, 1.54) is 5.56 Å². The predicted molar refractivity (Wildman–Crippen MR) is 97.3 cm³/mol. The van der Waals surface area contributed by atoms with Gasteiger partial charge in [-0.15, -0.1) is 0 Å². The highest BCUT2D eigenvalue weighted by molar-refractivity contribution is 5.33. The standard InChI is InChI=1S/C19H27N5O/c1-14(2)24-10-15(7-22-24)9-23-11-17-16(13-25-18(17)12-23)8-21-19-5-3-4-6-20-19/h3-7,10,14,16-18H,8-9,11-13H2,1-2H3,(H,20,21)/t16-,17+,18+/m0/s1. The Morgan fingerprint density at radius 1 is 1.32 bits per heavy atom. The van der Waals surface area contributed by atoms with Crippen molar-refractivity contribution in [3.05, 3.63) is 42.4 Å². The third-order valence-corrected chi connectivity index (χ3v) is 5.32. The van der Waals surface area contributed by atoms with Gasteiger partial charge in [-0.05, 0) is 26.0 Å². The number of rotatable bonds is 6. The smallest absolute Gasteiger partial charge is 0.125 e. The maximum atomic E-state index is 6.07. The third kappa shape index (κ3) is 3.70. The SMILES string of the molecule is CC(C)n1cc(CN2C[C@@H]3[C@@H](CNc4ccccn4)CO[C@@H]3C2)cn1. The lowest BCUT2D eigenvalue weighted by Crippen LogP contribution is -2.27. The van der Waals surface area contributed by atoms with Crippen molar-refractivity contribution in [2.24, 2.45) is 11.8 Å². The van der Waals surface area contributed by atoms with Gasteiger partial charge in [-0.25, -0.2) is 4.98 Å². The van der Waals surface area contributed by atoms with Crippen LogP contribution in [0.1, 0.15) is 25.5 Å². The summed E-state index contributed by atoms with van der Waals surface area (Å²) in [4.78, 5) is 6.84. The predicted octanol–water partition coefficient (Wildman–Crippen LogP) is 2.42. The normalized spacial score (nSPS) is 26.3. The number of likely N-dealkylation sites (tertiary alicyclic amines) is 1. The Bertz CT molecular complexity index is 686. The third-order valence-electron chi connectivity index (χ3n) is 5.32. The lowest BCUT2D eigenvalue weighted by Gasteiger charge is -2.19. The van der Waals surface area contributed by atoms with Crippen LogP contribution in [0.5, 0.6) is 0 Å². The summed E-state index contributed by atoms with van der Waals surface area (Å²) in [5.41, 5.74) is 1.29. The minimum atomic E-state index is 0.371. The van der Waals surface area contributed by atoms with Crippen LogP contribution in [0.2, 0.25) is 0 Å². The molecule has 0 unspecified atom stereocenters. The zero-order valence-corrected chi connectivity index (χ0v) is 15.0. The molecular formula is C19H27N5O. The Labute approximate surface area is 149 Å². The molecular weight excluding hydrogens is 314 g/mol. The van der Waals surface area contributed by atoms with Gasteiger partial charge in [-0.2, -0.15) is 5.10 Å². The Balaban J connectivity index is 1.31. The summed E-state index contributed by atoms with van der Waals surface area (Å²) < 4.78 is 8.10. The zero-order valence-electron chi connectivity index (χ0n) is 15.0. The van der Waals surface area contributed by atoms with E-state index in [-0.39, 0.29) is 0 Å². The van der Waals surface area contributed by atoms with Crippen LogP contribution >= 0.6 is 0 Å². The molecule has 2 saturated heterocycles. The molecule has 4 rings (SSSR count). The molecule has 0 aliphatic carbocycles. The van der Waals surface area contributed by atoms with Crippen LogP contribution in [0.15, 0.2) is 36.8 Å². The maximum Gasteiger partial charge on any atom is 0.125 e. The van der Waals surface area contributed by atoms with Crippen LogP contribution in [0.25, 0.3) is 0 Å². The molecule has 2 fully saturated rings. The number of nitrogens with one attached hydrogen (secondary N) is 1. The van der Waals surface area contributed by atoms with Crippen LogP contribution < -0.4 is 5.32 Å². The van der Waals surface area contributed by atoms with Gasteiger partial charge in [0.25, 0.3) is 0 Å². The van der Waals surface area contributed by atoms with Crippen molar-refractivity contribution in [1.29, 1.82) is 0 Å². The van der Waals surface area contributed by atoms with E-state index in [1.54, 1.807) is 0 Å². The van der Waals surface area contributed by atoms with E-state index in [2.05, 4.69) is 40.3 Å². The summed E-state index contributed by atoms with van der Waals surface area (Å²) in [6.45, 7) is 9.19. The molecule has 0 bridgehead atoms. The molecule has 0 amide bonds. The van der Waals surface area contributed by atoms with Crippen LogP contribution in [-0.2, 0) is 11.3 Å². The van der Waals surface area contributed by atoms with Gasteiger partial charge < -0.3 is 10.1 Å². The molecule has 6 nitrogen and oxygen atoms in total. The van der Waals surface area contributed by atoms with Crippen LogP contribution in [0.3, 0.4) is 0 Å². The summed E-state index contributed by atoms with van der Waals surface area (Å²) in [5, 5.41) is 7.91. The first-order valence-electron chi connectivity index (χ1n) is 9.21. The number of aromatic nitrogens is 3. The summed E-state index contributed by atoms with van der Waals surface area (Å²) in [5.74, 6) is 2.11. The van der Waals surface area contributed by atoms with Crippen molar-refractivity contribution in [1.82, 2.24) is 19.7 Å². The summed E-state index contributed by atoms with van der Waals surface area (Å²) >= 11 is 0. The van der Waals surface area contributed by atoms with Gasteiger partial charge in [0.15, 0.2) is 0 Å². The van der Waals surface area contributed by atoms with E-state index in [0.29, 0.717) is 24.0 Å². The number of pyridine rings is 1.